The molecule has 0 fully saturated rings. The molecule has 0 aliphatic heterocycles. The number of hydrogen-bond acceptors (Lipinski definition) is 2. The second kappa shape index (κ2) is 5.92. The maximum Gasteiger partial charge on any atom is 0.307 e. The Hall–Kier alpha value is -1.08. The van der Waals surface area contributed by atoms with Crippen molar-refractivity contribution in [3.05, 3.63) is 33.0 Å². The second-order valence-electron chi connectivity index (χ2n) is 4.88. The summed E-state index contributed by atoms with van der Waals surface area (Å²) >= 11 is 2.29. The van der Waals surface area contributed by atoms with Crippen molar-refractivity contribution in [3.8, 4) is 0 Å². The van der Waals surface area contributed by atoms with E-state index >= 15 is 0 Å². The standard InChI is InChI=1S/C14H17IN2O2/c1-17(2)7-6-10-13-9(8-12(18)19)4-3-5-11(13)16-14(10)15/h3-5,16H,6-8H2,1-2H3,(H,18,19). The molecule has 0 saturated heterocycles. The maximum absolute atomic E-state index is 11.0. The Morgan fingerprint density at radius 2 is 2.16 bits per heavy atom. The molecule has 1 aromatic carbocycles. The van der Waals surface area contributed by atoms with E-state index in [4.69, 9.17) is 5.11 Å². The van der Waals surface area contributed by atoms with Crippen LogP contribution in [0.4, 0.5) is 0 Å². The minimum Gasteiger partial charge on any atom is -0.481 e. The maximum atomic E-state index is 11.0. The van der Waals surface area contributed by atoms with Gasteiger partial charge in [-0.05, 0) is 60.3 Å². The van der Waals surface area contributed by atoms with Gasteiger partial charge in [-0.3, -0.25) is 4.79 Å². The number of nitrogens with zero attached hydrogens (tertiary/aromatic N) is 1. The Bertz CT molecular complexity index is 605. The zero-order valence-corrected chi connectivity index (χ0v) is 13.2. The summed E-state index contributed by atoms with van der Waals surface area (Å²) < 4.78 is 1.10. The zero-order valence-electron chi connectivity index (χ0n) is 11.0. The van der Waals surface area contributed by atoms with Crippen LogP contribution in [0, 0.1) is 3.70 Å². The Balaban J connectivity index is 2.48. The molecule has 4 nitrogen and oxygen atoms in total. The molecule has 0 spiro atoms. The first kappa shape index (κ1) is 14.3. The number of fused-ring (bicyclic) bond motifs is 1. The van der Waals surface area contributed by atoms with E-state index in [1.165, 1.54) is 5.56 Å². The van der Waals surface area contributed by atoms with Gasteiger partial charge in [-0.15, -0.1) is 0 Å². The van der Waals surface area contributed by atoms with Crippen LogP contribution in [0.3, 0.4) is 0 Å². The number of nitrogens with one attached hydrogen (secondary N) is 1. The fraction of sp³-hybridized carbons (Fsp3) is 0.357. The summed E-state index contributed by atoms with van der Waals surface area (Å²) in [6, 6.07) is 5.81. The summed E-state index contributed by atoms with van der Waals surface area (Å²) in [7, 11) is 4.08. The van der Waals surface area contributed by atoms with Crippen molar-refractivity contribution < 1.29 is 9.90 Å². The number of aromatic amines is 1. The summed E-state index contributed by atoms with van der Waals surface area (Å²) in [6.45, 7) is 0.949. The number of H-pyrrole nitrogens is 1. The Morgan fingerprint density at radius 3 is 2.79 bits per heavy atom. The summed E-state index contributed by atoms with van der Waals surface area (Å²) in [6.07, 6.45) is 0.988. The molecule has 102 valence electrons. The third kappa shape index (κ3) is 3.27. The van der Waals surface area contributed by atoms with E-state index in [9.17, 15) is 4.79 Å². The molecule has 0 aliphatic rings. The Labute approximate surface area is 125 Å². The molecule has 5 heteroatoms. The highest BCUT2D eigenvalue weighted by Gasteiger charge is 2.14. The first-order valence-electron chi connectivity index (χ1n) is 6.13. The van der Waals surface area contributed by atoms with Crippen LogP contribution in [0.1, 0.15) is 11.1 Å². The summed E-state index contributed by atoms with van der Waals surface area (Å²) in [5, 5.41) is 10.1. The number of aromatic nitrogens is 1. The highest BCUT2D eigenvalue weighted by Crippen LogP contribution is 2.28. The third-order valence-corrected chi connectivity index (χ3v) is 4.03. The number of aliphatic carboxylic acids is 1. The predicted octanol–water partition coefficient (Wildman–Crippen LogP) is 2.50. The van der Waals surface area contributed by atoms with Crippen LogP contribution < -0.4 is 0 Å². The van der Waals surface area contributed by atoms with Gasteiger partial charge in [0.1, 0.15) is 0 Å². The van der Waals surface area contributed by atoms with Crippen molar-refractivity contribution in [2.75, 3.05) is 20.6 Å². The molecule has 19 heavy (non-hydrogen) atoms. The molecule has 1 aromatic heterocycles. The minimum atomic E-state index is -0.790. The van der Waals surface area contributed by atoms with Crippen LogP contribution in [0.15, 0.2) is 18.2 Å². The van der Waals surface area contributed by atoms with Gasteiger partial charge in [-0.2, -0.15) is 0 Å². The summed E-state index contributed by atoms with van der Waals surface area (Å²) in [5.41, 5.74) is 3.14. The minimum absolute atomic E-state index is 0.0697. The van der Waals surface area contributed by atoms with Crippen molar-refractivity contribution in [2.45, 2.75) is 12.8 Å². The van der Waals surface area contributed by atoms with Crippen molar-refractivity contribution >= 4 is 39.5 Å². The van der Waals surface area contributed by atoms with Gasteiger partial charge >= 0.3 is 5.97 Å². The lowest BCUT2D eigenvalue weighted by molar-refractivity contribution is -0.136. The highest BCUT2D eigenvalue weighted by atomic mass is 127. The van der Waals surface area contributed by atoms with Gasteiger partial charge in [0, 0.05) is 17.4 Å². The molecule has 0 amide bonds. The summed E-state index contributed by atoms with van der Waals surface area (Å²) in [4.78, 5) is 16.4. The number of halogens is 1. The fourth-order valence-corrected chi connectivity index (χ4v) is 3.07. The van der Waals surface area contributed by atoms with Crippen LogP contribution in [0.5, 0.6) is 0 Å². The van der Waals surface area contributed by atoms with Gasteiger partial charge in [0.05, 0.1) is 10.1 Å². The smallest absolute Gasteiger partial charge is 0.307 e. The molecule has 2 rings (SSSR count). The molecule has 2 aromatic rings. The lowest BCUT2D eigenvalue weighted by Crippen LogP contribution is -2.15. The van der Waals surface area contributed by atoms with Crippen molar-refractivity contribution in [2.24, 2.45) is 0 Å². The van der Waals surface area contributed by atoms with E-state index < -0.39 is 5.97 Å². The van der Waals surface area contributed by atoms with E-state index in [1.807, 2.05) is 32.3 Å². The van der Waals surface area contributed by atoms with Gasteiger partial charge in [-0.25, -0.2) is 0 Å². The summed E-state index contributed by atoms with van der Waals surface area (Å²) in [5.74, 6) is -0.790. The zero-order chi connectivity index (χ0) is 14.0. The monoisotopic (exact) mass is 372 g/mol. The normalized spacial score (nSPS) is 11.4. The van der Waals surface area contributed by atoms with E-state index in [0.29, 0.717) is 0 Å². The topological polar surface area (TPSA) is 56.3 Å². The van der Waals surface area contributed by atoms with Crippen LogP contribution in [-0.4, -0.2) is 41.6 Å². The average Bonchev–Trinajstić information content (AvgIpc) is 2.62. The van der Waals surface area contributed by atoms with E-state index in [2.05, 4.69) is 32.5 Å². The molecule has 1 heterocycles. The average molecular weight is 372 g/mol. The van der Waals surface area contributed by atoms with Crippen LogP contribution in [-0.2, 0) is 17.6 Å². The number of likely N-dealkylation sites (N-methyl/N-ethyl adjacent to an activating group) is 1. The number of carboxylic acid groups (broad SMARTS) is 1. The number of carbonyl (C=O) groups is 1. The first-order chi connectivity index (χ1) is 8.99. The molecule has 0 bridgehead atoms. The molecule has 2 N–H and O–H groups in total. The van der Waals surface area contributed by atoms with E-state index in [1.54, 1.807) is 0 Å². The SMILES string of the molecule is CN(C)CCc1c(I)[nH]c2cccc(CC(=O)O)c12. The number of hydrogen-bond donors (Lipinski definition) is 2. The second-order valence-corrected chi connectivity index (χ2v) is 5.96. The lowest BCUT2D eigenvalue weighted by atomic mass is 10.0. The quantitative estimate of drug-likeness (QED) is 0.794. The van der Waals surface area contributed by atoms with Gasteiger partial charge in [0.25, 0.3) is 0 Å². The molecule has 0 aliphatic carbocycles. The molecule has 0 unspecified atom stereocenters. The van der Waals surface area contributed by atoms with Crippen LogP contribution in [0.25, 0.3) is 10.9 Å². The fourth-order valence-electron chi connectivity index (χ4n) is 2.24. The predicted molar refractivity (Wildman–Crippen MR) is 84.6 cm³/mol. The van der Waals surface area contributed by atoms with Crippen molar-refractivity contribution in [3.63, 3.8) is 0 Å². The van der Waals surface area contributed by atoms with Gasteiger partial charge in [-0.1, -0.05) is 12.1 Å². The van der Waals surface area contributed by atoms with Crippen LogP contribution >= 0.6 is 22.6 Å². The van der Waals surface area contributed by atoms with Gasteiger partial charge in [0.15, 0.2) is 0 Å². The molecular formula is C14H17IN2O2. The third-order valence-electron chi connectivity index (χ3n) is 3.11. The van der Waals surface area contributed by atoms with E-state index in [-0.39, 0.29) is 6.42 Å². The van der Waals surface area contributed by atoms with Gasteiger partial charge in [0.2, 0.25) is 0 Å². The van der Waals surface area contributed by atoms with Crippen molar-refractivity contribution in [1.82, 2.24) is 9.88 Å². The number of rotatable bonds is 5. The van der Waals surface area contributed by atoms with Crippen LogP contribution in [0.2, 0.25) is 0 Å². The van der Waals surface area contributed by atoms with Gasteiger partial charge < -0.3 is 15.0 Å². The lowest BCUT2D eigenvalue weighted by Gasteiger charge is -2.10. The Morgan fingerprint density at radius 1 is 1.42 bits per heavy atom. The number of carboxylic acids is 1. The Kier molecular flexibility index (Phi) is 4.46. The van der Waals surface area contributed by atoms with Crippen molar-refractivity contribution in [1.29, 1.82) is 0 Å². The molecule has 0 atom stereocenters. The molecule has 0 saturated carbocycles. The largest absolute Gasteiger partial charge is 0.481 e. The first-order valence-corrected chi connectivity index (χ1v) is 7.21. The molecule has 0 radical (unpaired) electrons. The molecular weight excluding hydrogens is 355 g/mol. The number of benzene rings is 1. The highest BCUT2D eigenvalue weighted by molar-refractivity contribution is 14.1. The van der Waals surface area contributed by atoms with E-state index in [0.717, 1.165) is 33.1 Å².